The molecule has 0 aromatic heterocycles. The first-order valence-electron chi connectivity index (χ1n) is 4.69. The summed E-state index contributed by atoms with van der Waals surface area (Å²) in [6.45, 7) is 7.43. The van der Waals surface area contributed by atoms with Crippen molar-refractivity contribution < 1.29 is 9.47 Å². The average molecular weight is 222 g/mol. The first-order chi connectivity index (χ1) is 5.62. The van der Waals surface area contributed by atoms with E-state index < -0.39 is 8.07 Å². The highest BCUT2D eigenvalue weighted by molar-refractivity contribution is 6.77. The lowest BCUT2D eigenvalue weighted by molar-refractivity contribution is -0.0140. The van der Waals surface area contributed by atoms with Crippen molar-refractivity contribution >= 4 is 8.07 Å². The third-order valence-corrected chi connectivity index (χ3v) is 4.59. The van der Waals surface area contributed by atoms with Gasteiger partial charge in [0.1, 0.15) is 6.79 Å². The zero-order valence-corrected chi connectivity index (χ0v) is 9.85. The largest absolute Gasteiger partial charge is 0.359 e. The normalized spacial score (nSPS) is 10.3. The first-order valence-corrected chi connectivity index (χ1v) is 8.10. The maximum atomic E-state index is 5.38. The Labute approximate surface area is 92.0 Å². The van der Waals surface area contributed by atoms with Gasteiger partial charge in [-0.2, -0.15) is 0 Å². The molecule has 90 valence electrons. The highest BCUT2D eigenvalue weighted by Gasteiger charge is 2.19. The maximum Gasteiger partial charge on any atom is 0.145 e. The Morgan fingerprint density at radius 2 is 1.71 bits per heavy atom. The molecule has 14 heavy (non-hydrogen) atoms. The van der Waals surface area contributed by atoms with Crippen molar-refractivity contribution in [2.24, 2.45) is 0 Å². The molecule has 0 bridgehead atoms. The summed E-state index contributed by atoms with van der Waals surface area (Å²) in [5.74, 6) is 0. The Morgan fingerprint density at radius 3 is 2.14 bits per heavy atom. The first kappa shape index (κ1) is 19.7. The lowest BCUT2D eigenvalue weighted by atomic mass is 10.4. The lowest BCUT2D eigenvalue weighted by Crippen LogP contribution is -2.32. The Morgan fingerprint density at radius 1 is 1.14 bits per heavy atom. The van der Waals surface area contributed by atoms with Gasteiger partial charge in [-0.15, -0.1) is 0 Å². The average Bonchev–Trinajstić information content (AvgIpc) is 2.01. The van der Waals surface area contributed by atoms with Crippen LogP contribution < -0.4 is 0 Å². The minimum atomic E-state index is -1.06. The Balaban J connectivity index is -0.000000605. The van der Waals surface area contributed by atoms with Gasteiger partial charge in [0.25, 0.3) is 0 Å². The fourth-order valence-corrected chi connectivity index (χ4v) is 3.22. The van der Waals surface area contributed by atoms with Crippen LogP contribution in [0.1, 0.15) is 34.6 Å². The number of methoxy groups -OCH3 is 1. The molecule has 2 nitrogen and oxygen atoms in total. The molecule has 0 aliphatic carbocycles. The second kappa shape index (κ2) is 11.2. The third kappa shape index (κ3) is 12.1. The van der Waals surface area contributed by atoms with E-state index in [1.807, 2.05) is 0 Å². The highest BCUT2D eigenvalue weighted by Crippen LogP contribution is 2.13. The van der Waals surface area contributed by atoms with Crippen LogP contribution in [0, 0.1) is 0 Å². The van der Waals surface area contributed by atoms with E-state index in [1.54, 1.807) is 7.11 Å². The summed E-state index contributed by atoms with van der Waals surface area (Å²) >= 11 is 0. The quantitative estimate of drug-likeness (QED) is 0.369. The van der Waals surface area contributed by atoms with Gasteiger partial charge in [-0.1, -0.05) is 53.8 Å². The van der Waals surface area contributed by atoms with Crippen LogP contribution >= 0.6 is 0 Å². The van der Waals surface area contributed by atoms with Gasteiger partial charge in [0.15, 0.2) is 0 Å². The van der Waals surface area contributed by atoms with Gasteiger partial charge < -0.3 is 9.47 Å². The second-order valence-corrected chi connectivity index (χ2v) is 9.14. The van der Waals surface area contributed by atoms with Gasteiger partial charge in [-0.05, 0) is 0 Å². The summed E-state index contributed by atoms with van der Waals surface area (Å²) in [6, 6.07) is 1.37. The van der Waals surface area contributed by atoms with E-state index in [-0.39, 0.29) is 14.9 Å². The zero-order valence-electron chi connectivity index (χ0n) is 8.85. The number of unbranched alkanes of at least 4 members (excludes halogenated alkanes) is 1. The minimum absolute atomic E-state index is 0. The van der Waals surface area contributed by atoms with Gasteiger partial charge in [-0.25, -0.2) is 0 Å². The molecule has 0 N–H and O–H groups in total. The molecule has 0 radical (unpaired) electrons. The van der Waals surface area contributed by atoms with Crippen molar-refractivity contribution in [1.29, 1.82) is 0 Å². The van der Waals surface area contributed by atoms with Crippen molar-refractivity contribution in [2.45, 2.75) is 53.8 Å². The van der Waals surface area contributed by atoms with Crippen molar-refractivity contribution in [2.75, 3.05) is 20.1 Å². The number of ether oxygens (including phenoxy) is 2. The molecule has 0 atom stereocenters. The van der Waals surface area contributed by atoms with E-state index in [4.69, 9.17) is 9.47 Å². The van der Waals surface area contributed by atoms with Gasteiger partial charge in [0, 0.05) is 13.3 Å². The van der Waals surface area contributed by atoms with Crippen molar-refractivity contribution in [1.82, 2.24) is 0 Å². The van der Waals surface area contributed by atoms with E-state index >= 15 is 0 Å². The number of hydrogen-bond acceptors (Lipinski definition) is 2. The zero-order chi connectivity index (χ0) is 9.45. The summed E-state index contributed by atoms with van der Waals surface area (Å²) in [7, 11) is 0.604. The fourth-order valence-electron chi connectivity index (χ4n) is 1.13. The van der Waals surface area contributed by atoms with Crippen LogP contribution in [0.5, 0.6) is 0 Å². The lowest BCUT2D eigenvalue weighted by Gasteiger charge is -2.21. The summed E-state index contributed by atoms with van der Waals surface area (Å²) in [5, 5.41) is 0. The van der Waals surface area contributed by atoms with Crippen molar-refractivity contribution in [3.63, 3.8) is 0 Å². The van der Waals surface area contributed by atoms with Crippen LogP contribution in [0.15, 0.2) is 0 Å². The Kier molecular flexibility index (Phi) is 15.8. The standard InChI is InChI=1S/C9H22O2Si.2CH4/c1-5-6-7-12(3,4)9-11-8-10-2;;/h5-9H2,1-4H3;2*1H4. The van der Waals surface area contributed by atoms with Crippen molar-refractivity contribution in [3.05, 3.63) is 0 Å². The van der Waals surface area contributed by atoms with Crippen LogP contribution in [0.3, 0.4) is 0 Å². The van der Waals surface area contributed by atoms with Crippen LogP contribution in [-0.4, -0.2) is 28.2 Å². The van der Waals surface area contributed by atoms with Crippen LogP contribution in [0.4, 0.5) is 0 Å². The summed E-state index contributed by atoms with van der Waals surface area (Å²) in [5.41, 5.74) is 0. The third-order valence-electron chi connectivity index (χ3n) is 1.90. The van der Waals surface area contributed by atoms with E-state index in [9.17, 15) is 0 Å². The van der Waals surface area contributed by atoms with E-state index in [2.05, 4.69) is 20.0 Å². The molecule has 0 heterocycles. The Hall–Kier alpha value is 0.137. The summed E-state index contributed by atoms with van der Waals surface area (Å²) in [4.78, 5) is 0. The maximum absolute atomic E-state index is 5.38. The molecule has 0 aliphatic rings. The molecule has 0 rings (SSSR count). The molecule has 0 unspecified atom stereocenters. The van der Waals surface area contributed by atoms with Gasteiger partial charge >= 0.3 is 0 Å². The molecule has 0 aromatic rings. The fraction of sp³-hybridized carbons (Fsp3) is 1.00. The monoisotopic (exact) mass is 222 g/mol. The predicted molar refractivity (Wildman–Crippen MR) is 68.5 cm³/mol. The second-order valence-electron chi connectivity index (χ2n) is 4.02. The predicted octanol–water partition coefficient (Wildman–Crippen LogP) is 3.93. The topological polar surface area (TPSA) is 18.5 Å². The SMILES string of the molecule is C.C.CCCC[Si](C)(C)COCOC. The molecule has 0 fully saturated rings. The number of rotatable bonds is 7. The van der Waals surface area contributed by atoms with Crippen LogP contribution in [-0.2, 0) is 9.47 Å². The molecule has 0 spiro atoms. The van der Waals surface area contributed by atoms with E-state index in [0.29, 0.717) is 6.79 Å². The van der Waals surface area contributed by atoms with Crippen LogP contribution in [0.25, 0.3) is 0 Å². The molecule has 3 heteroatoms. The van der Waals surface area contributed by atoms with Gasteiger partial charge in [0.05, 0.1) is 8.07 Å². The summed E-state index contributed by atoms with van der Waals surface area (Å²) in [6.07, 6.45) is 3.57. The van der Waals surface area contributed by atoms with E-state index in [1.165, 1.54) is 18.9 Å². The molecular formula is C11H30O2Si. The molecule has 0 aliphatic heterocycles. The molecule has 0 saturated carbocycles. The highest BCUT2D eigenvalue weighted by atomic mass is 28.3. The van der Waals surface area contributed by atoms with Gasteiger partial charge in [-0.3, -0.25) is 0 Å². The van der Waals surface area contributed by atoms with Crippen molar-refractivity contribution in [3.8, 4) is 0 Å². The Bertz CT molecular complexity index is 105. The van der Waals surface area contributed by atoms with Gasteiger partial charge in [0.2, 0.25) is 0 Å². The van der Waals surface area contributed by atoms with E-state index in [0.717, 1.165) is 6.23 Å². The molecule has 0 amide bonds. The van der Waals surface area contributed by atoms with Crippen LogP contribution in [0.2, 0.25) is 19.1 Å². The smallest absolute Gasteiger partial charge is 0.145 e. The molecular weight excluding hydrogens is 192 g/mol. The number of hydrogen-bond donors (Lipinski definition) is 0. The summed E-state index contributed by atoms with van der Waals surface area (Å²) < 4.78 is 10.2. The minimum Gasteiger partial charge on any atom is -0.359 e. The molecule has 0 saturated heterocycles. The molecule has 0 aromatic carbocycles.